The molecule has 0 unspecified atom stereocenters. The van der Waals surface area contributed by atoms with Gasteiger partial charge in [-0.1, -0.05) is 23.4 Å². The average molecular weight is 302 g/mol. The summed E-state index contributed by atoms with van der Waals surface area (Å²) in [5, 5.41) is 12.8. The minimum atomic E-state index is -1.15. The molecule has 0 spiro atoms. The van der Waals surface area contributed by atoms with Gasteiger partial charge >= 0.3 is 5.97 Å². The minimum Gasteiger partial charge on any atom is -0.476 e. The zero-order valence-corrected chi connectivity index (χ0v) is 11.5. The van der Waals surface area contributed by atoms with Crippen LogP contribution in [0, 0.1) is 0 Å². The molecular formula is C13H10N4O3S. The fourth-order valence-corrected chi connectivity index (χ4v) is 2.46. The Kier molecular flexibility index (Phi) is 3.69. The first-order valence-corrected chi connectivity index (χ1v) is 7.00. The third-order valence-corrected chi connectivity index (χ3v) is 3.64. The molecule has 3 rings (SSSR count). The molecule has 0 aliphatic heterocycles. The molecule has 2 N–H and O–H groups in total. The number of rotatable bonds is 5. The van der Waals surface area contributed by atoms with Crippen molar-refractivity contribution in [1.29, 1.82) is 0 Å². The summed E-state index contributed by atoms with van der Waals surface area (Å²) in [5.74, 6) is -0.00708. The maximum absolute atomic E-state index is 11.0. The van der Waals surface area contributed by atoms with Crippen LogP contribution < -0.4 is 0 Å². The van der Waals surface area contributed by atoms with E-state index in [2.05, 4.69) is 20.1 Å². The smallest absolute Gasteiger partial charge is 0.356 e. The predicted molar refractivity (Wildman–Crippen MR) is 74.8 cm³/mol. The monoisotopic (exact) mass is 302 g/mol. The Labute approximate surface area is 123 Å². The number of H-pyrrole nitrogens is 1. The first-order chi connectivity index (χ1) is 10.2. The number of carboxylic acid groups (broad SMARTS) is 1. The Morgan fingerprint density at radius 1 is 1.33 bits per heavy atom. The van der Waals surface area contributed by atoms with Gasteiger partial charge in [-0.25, -0.2) is 9.78 Å². The van der Waals surface area contributed by atoms with Crippen LogP contribution in [0.2, 0.25) is 0 Å². The Hall–Kier alpha value is -2.61. The van der Waals surface area contributed by atoms with Crippen molar-refractivity contribution in [1.82, 2.24) is 20.1 Å². The number of aromatic nitrogens is 4. The van der Waals surface area contributed by atoms with Crippen molar-refractivity contribution in [3.05, 3.63) is 48.2 Å². The highest BCUT2D eigenvalue weighted by Gasteiger charge is 2.20. The second kappa shape index (κ2) is 5.80. The molecule has 0 atom stereocenters. The van der Waals surface area contributed by atoms with E-state index in [-0.39, 0.29) is 17.3 Å². The zero-order chi connectivity index (χ0) is 14.7. The lowest BCUT2D eigenvalue weighted by Crippen LogP contribution is -1.99. The SMILES string of the molecule is O=C(O)c1nc[nH]c1-c1nc(CSc2ccccc2)no1. The van der Waals surface area contributed by atoms with Crippen LogP contribution in [0.3, 0.4) is 0 Å². The summed E-state index contributed by atoms with van der Waals surface area (Å²) < 4.78 is 5.08. The van der Waals surface area contributed by atoms with Crippen molar-refractivity contribution >= 4 is 17.7 Å². The summed E-state index contributed by atoms with van der Waals surface area (Å²) in [6.07, 6.45) is 1.28. The molecule has 0 radical (unpaired) electrons. The van der Waals surface area contributed by atoms with Gasteiger partial charge in [0.2, 0.25) is 0 Å². The van der Waals surface area contributed by atoms with Gasteiger partial charge in [0.15, 0.2) is 11.5 Å². The Balaban J connectivity index is 1.74. The number of thioether (sulfide) groups is 1. The van der Waals surface area contributed by atoms with Crippen molar-refractivity contribution in [3.63, 3.8) is 0 Å². The topological polar surface area (TPSA) is 105 Å². The highest BCUT2D eigenvalue weighted by Crippen LogP contribution is 2.23. The van der Waals surface area contributed by atoms with Crippen LogP contribution in [-0.4, -0.2) is 31.2 Å². The highest BCUT2D eigenvalue weighted by molar-refractivity contribution is 7.98. The Morgan fingerprint density at radius 2 is 2.14 bits per heavy atom. The quantitative estimate of drug-likeness (QED) is 0.697. The van der Waals surface area contributed by atoms with Gasteiger partial charge < -0.3 is 14.6 Å². The van der Waals surface area contributed by atoms with E-state index < -0.39 is 5.97 Å². The molecule has 8 heteroatoms. The number of hydrogen-bond acceptors (Lipinski definition) is 6. The molecule has 2 aromatic heterocycles. The highest BCUT2D eigenvalue weighted by atomic mass is 32.2. The summed E-state index contributed by atoms with van der Waals surface area (Å²) in [6.45, 7) is 0. The number of carboxylic acids is 1. The molecule has 21 heavy (non-hydrogen) atoms. The van der Waals surface area contributed by atoms with Gasteiger partial charge in [0.25, 0.3) is 5.89 Å². The molecule has 0 saturated carbocycles. The lowest BCUT2D eigenvalue weighted by Gasteiger charge is -1.96. The molecule has 0 aliphatic rings. The molecule has 0 aliphatic carbocycles. The van der Waals surface area contributed by atoms with Crippen LogP contribution >= 0.6 is 11.8 Å². The second-order valence-electron chi connectivity index (χ2n) is 4.05. The molecule has 0 bridgehead atoms. The number of nitrogens with one attached hydrogen (secondary N) is 1. The van der Waals surface area contributed by atoms with Crippen molar-refractivity contribution in [2.45, 2.75) is 10.6 Å². The Bertz CT molecular complexity index is 754. The molecule has 106 valence electrons. The molecule has 2 heterocycles. The number of benzene rings is 1. The van der Waals surface area contributed by atoms with Gasteiger partial charge in [-0.2, -0.15) is 4.98 Å². The minimum absolute atomic E-state index is 0.119. The van der Waals surface area contributed by atoms with E-state index >= 15 is 0 Å². The normalized spacial score (nSPS) is 10.7. The number of imidazole rings is 1. The molecule has 7 nitrogen and oxygen atoms in total. The summed E-state index contributed by atoms with van der Waals surface area (Å²) >= 11 is 1.57. The molecule has 3 aromatic rings. The van der Waals surface area contributed by atoms with Gasteiger partial charge in [0, 0.05) is 4.90 Å². The van der Waals surface area contributed by atoms with E-state index in [0.717, 1.165) is 4.90 Å². The maximum Gasteiger partial charge on any atom is 0.356 e. The Morgan fingerprint density at radius 3 is 2.90 bits per heavy atom. The third kappa shape index (κ3) is 2.95. The van der Waals surface area contributed by atoms with Crippen LogP contribution in [-0.2, 0) is 5.75 Å². The van der Waals surface area contributed by atoms with Crippen molar-refractivity contribution in [2.24, 2.45) is 0 Å². The lowest BCUT2D eigenvalue weighted by molar-refractivity contribution is 0.0691. The first kappa shape index (κ1) is 13.4. The van der Waals surface area contributed by atoms with Gasteiger partial charge in [0.1, 0.15) is 5.69 Å². The fraction of sp³-hybridized carbons (Fsp3) is 0.0769. The fourth-order valence-electron chi connectivity index (χ4n) is 1.70. The van der Waals surface area contributed by atoms with Crippen LogP contribution in [0.4, 0.5) is 0 Å². The summed E-state index contributed by atoms with van der Waals surface area (Å²) in [5.41, 5.74) is 0.0758. The van der Waals surface area contributed by atoms with Crippen LogP contribution in [0.5, 0.6) is 0 Å². The molecule has 0 amide bonds. The number of hydrogen-bond donors (Lipinski definition) is 2. The largest absolute Gasteiger partial charge is 0.476 e. The summed E-state index contributed by atoms with van der Waals surface area (Å²) in [4.78, 5) is 22.7. The van der Waals surface area contributed by atoms with Gasteiger partial charge in [-0.05, 0) is 12.1 Å². The standard InChI is InChI=1S/C13H10N4O3S/c18-13(19)11-10(14-7-15-11)12-16-9(17-20-12)6-21-8-4-2-1-3-5-8/h1-5,7H,6H2,(H,14,15)(H,18,19). The van der Waals surface area contributed by atoms with E-state index in [1.54, 1.807) is 11.8 Å². The summed E-state index contributed by atoms with van der Waals surface area (Å²) in [6, 6.07) is 9.83. The lowest BCUT2D eigenvalue weighted by atomic mass is 10.3. The van der Waals surface area contributed by atoms with E-state index in [0.29, 0.717) is 11.6 Å². The van der Waals surface area contributed by atoms with Crippen LogP contribution in [0.15, 0.2) is 46.1 Å². The first-order valence-electron chi connectivity index (χ1n) is 6.01. The molecule has 0 saturated heterocycles. The van der Waals surface area contributed by atoms with E-state index in [1.165, 1.54) is 6.33 Å². The van der Waals surface area contributed by atoms with Gasteiger partial charge in [0.05, 0.1) is 12.1 Å². The van der Waals surface area contributed by atoms with Crippen molar-refractivity contribution in [3.8, 4) is 11.6 Å². The van der Waals surface area contributed by atoms with E-state index in [4.69, 9.17) is 9.63 Å². The predicted octanol–water partition coefficient (Wildman–Crippen LogP) is 2.45. The van der Waals surface area contributed by atoms with Crippen LogP contribution in [0.25, 0.3) is 11.6 Å². The van der Waals surface area contributed by atoms with Gasteiger partial charge in [-0.15, -0.1) is 11.8 Å². The number of carbonyl (C=O) groups is 1. The molecular weight excluding hydrogens is 292 g/mol. The summed E-state index contributed by atoms with van der Waals surface area (Å²) in [7, 11) is 0. The van der Waals surface area contributed by atoms with E-state index in [9.17, 15) is 4.79 Å². The maximum atomic E-state index is 11.0. The van der Waals surface area contributed by atoms with Crippen molar-refractivity contribution < 1.29 is 14.4 Å². The average Bonchev–Trinajstić information content (AvgIpc) is 3.15. The molecule has 0 fully saturated rings. The molecule has 1 aromatic carbocycles. The zero-order valence-electron chi connectivity index (χ0n) is 10.7. The number of aromatic amines is 1. The number of aromatic carboxylic acids is 1. The van der Waals surface area contributed by atoms with Gasteiger partial charge in [-0.3, -0.25) is 0 Å². The second-order valence-corrected chi connectivity index (χ2v) is 5.10. The van der Waals surface area contributed by atoms with Crippen molar-refractivity contribution in [2.75, 3.05) is 0 Å². The number of nitrogens with zero attached hydrogens (tertiary/aromatic N) is 3. The van der Waals surface area contributed by atoms with E-state index in [1.807, 2.05) is 30.3 Å². The third-order valence-electron chi connectivity index (χ3n) is 2.64. The van der Waals surface area contributed by atoms with Crippen LogP contribution in [0.1, 0.15) is 16.3 Å².